The normalized spacial score (nSPS) is 15.2. The lowest BCUT2D eigenvalue weighted by molar-refractivity contribution is -0.367. The van der Waals surface area contributed by atoms with Gasteiger partial charge in [-0.25, -0.2) is 4.98 Å². The minimum Gasteiger partial charge on any atom is -0.356 e. The molecule has 0 saturated carbocycles. The lowest BCUT2D eigenvalue weighted by Gasteiger charge is -2.31. The summed E-state index contributed by atoms with van der Waals surface area (Å²) in [5, 5.41) is 4.82. The number of carbonyl (C=O) groups excluding carboxylic acids is 1. The van der Waals surface area contributed by atoms with Gasteiger partial charge in [-0.15, -0.1) is 0 Å². The van der Waals surface area contributed by atoms with E-state index < -0.39 is 11.7 Å². The summed E-state index contributed by atoms with van der Waals surface area (Å²) in [4.78, 5) is 19.0. The Hall–Kier alpha value is -3.10. The maximum atomic E-state index is 12.7. The van der Waals surface area contributed by atoms with E-state index in [4.69, 9.17) is 4.52 Å². The molecule has 3 heterocycles. The van der Waals surface area contributed by atoms with Gasteiger partial charge in [0.1, 0.15) is 25.0 Å². The lowest BCUT2D eigenvalue weighted by atomic mass is 10.1. The third kappa shape index (κ3) is 3.64. The van der Waals surface area contributed by atoms with Gasteiger partial charge in [0.25, 0.3) is 5.82 Å². The van der Waals surface area contributed by atoms with Crippen LogP contribution in [-0.4, -0.2) is 42.1 Å². The zero-order valence-electron chi connectivity index (χ0n) is 14.9. The summed E-state index contributed by atoms with van der Waals surface area (Å²) in [6.45, 7) is 2.05. The van der Waals surface area contributed by atoms with Gasteiger partial charge in [-0.05, 0) is 18.2 Å². The number of pyridine rings is 1. The third-order valence-corrected chi connectivity index (χ3v) is 4.87. The molecule has 1 aliphatic heterocycles. The van der Waals surface area contributed by atoms with Crippen LogP contribution in [0.5, 0.6) is 0 Å². The third-order valence-electron chi connectivity index (χ3n) is 4.87. The van der Waals surface area contributed by atoms with Gasteiger partial charge in [-0.3, -0.25) is 9.69 Å². The molecule has 146 valence electrons. The molecule has 0 aliphatic carbocycles. The number of H-pyrrole nitrogens is 1. The molecule has 4 rings (SSSR count). The van der Waals surface area contributed by atoms with E-state index in [1.807, 2.05) is 23.1 Å². The number of halogens is 3. The Labute approximate surface area is 158 Å². The van der Waals surface area contributed by atoms with E-state index >= 15 is 0 Å². The smallest absolute Gasteiger partial charge is 0.356 e. The van der Waals surface area contributed by atoms with E-state index in [-0.39, 0.29) is 12.3 Å². The number of aromatic nitrogens is 2. The Balaban J connectivity index is 1.36. The molecule has 0 radical (unpaired) electrons. The maximum Gasteiger partial charge on any atom is 0.419 e. The fourth-order valence-electron chi connectivity index (χ4n) is 3.31. The summed E-state index contributed by atoms with van der Waals surface area (Å²) >= 11 is 0. The van der Waals surface area contributed by atoms with Crippen LogP contribution in [0, 0.1) is 0 Å². The van der Waals surface area contributed by atoms with E-state index in [1.165, 1.54) is 6.07 Å². The standard InChI is InChI=1S/C19H17F3N4O2/c20-19(21,22)13-5-6-17(23-12-13)25-7-9-26(10-8-25)18(27)11-15-14-3-1-2-4-16(14)28-24-15/h1-6,12H,7-11H2/p+1. The molecule has 1 aliphatic rings. The van der Waals surface area contributed by atoms with Crippen LogP contribution < -0.4 is 9.88 Å². The fourth-order valence-corrected chi connectivity index (χ4v) is 3.31. The molecule has 1 aromatic carbocycles. The molecule has 1 saturated heterocycles. The Morgan fingerprint density at radius 3 is 2.54 bits per heavy atom. The van der Waals surface area contributed by atoms with Crippen molar-refractivity contribution in [3.63, 3.8) is 0 Å². The first-order valence-electron chi connectivity index (χ1n) is 8.87. The summed E-state index contributed by atoms with van der Waals surface area (Å²) in [7, 11) is 0. The number of nitrogens with one attached hydrogen (secondary N) is 1. The number of hydrogen-bond donors (Lipinski definition) is 0. The number of alkyl halides is 3. The van der Waals surface area contributed by atoms with Crippen molar-refractivity contribution in [1.29, 1.82) is 0 Å². The van der Waals surface area contributed by atoms with Gasteiger partial charge in [0.2, 0.25) is 5.91 Å². The van der Waals surface area contributed by atoms with Crippen molar-refractivity contribution in [2.45, 2.75) is 12.6 Å². The fraction of sp³-hybridized carbons (Fsp3) is 0.316. The molecule has 0 unspecified atom stereocenters. The highest BCUT2D eigenvalue weighted by atomic mass is 19.4. The van der Waals surface area contributed by atoms with Crippen molar-refractivity contribution >= 4 is 22.7 Å². The number of aromatic amines is 1. The van der Waals surface area contributed by atoms with Crippen molar-refractivity contribution < 1.29 is 27.5 Å². The molecule has 1 fully saturated rings. The minimum absolute atomic E-state index is 0.0462. The Bertz CT molecular complexity index is 977. The summed E-state index contributed by atoms with van der Waals surface area (Å²) < 4.78 is 43.2. The second-order valence-corrected chi connectivity index (χ2v) is 6.63. The van der Waals surface area contributed by atoms with Gasteiger partial charge in [0.05, 0.1) is 25.1 Å². The first-order valence-corrected chi connectivity index (χ1v) is 8.87. The second-order valence-electron chi connectivity index (χ2n) is 6.63. The van der Waals surface area contributed by atoms with E-state index in [2.05, 4.69) is 10.1 Å². The zero-order chi connectivity index (χ0) is 19.7. The van der Waals surface area contributed by atoms with Crippen molar-refractivity contribution in [3.05, 3.63) is 53.9 Å². The van der Waals surface area contributed by atoms with Crippen LogP contribution in [0.3, 0.4) is 0 Å². The van der Waals surface area contributed by atoms with Gasteiger partial charge in [0.15, 0.2) is 5.58 Å². The second kappa shape index (κ2) is 7.14. The van der Waals surface area contributed by atoms with Crippen LogP contribution in [0.2, 0.25) is 0 Å². The number of piperazine rings is 1. The molecule has 2 aromatic heterocycles. The predicted molar refractivity (Wildman–Crippen MR) is 94.5 cm³/mol. The number of nitrogens with zero attached hydrogens (tertiary/aromatic N) is 3. The molecule has 3 aromatic rings. The summed E-state index contributed by atoms with van der Waals surface area (Å²) in [6, 6.07) is 9.85. The molecular weight excluding hydrogens is 373 g/mol. The first-order chi connectivity index (χ1) is 13.4. The zero-order valence-corrected chi connectivity index (χ0v) is 14.9. The van der Waals surface area contributed by atoms with Crippen LogP contribution in [0.25, 0.3) is 11.0 Å². The largest absolute Gasteiger partial charge is 0.419 e. The minimum atomic E-state index is -4.37. The summed E-state index contributed by atoms with van der Waals surface area (Å²) in [5.74, 6) is 0.553. The SMILES string of the molecule is O=C(Cc1noc2ccccc12)N1CCN(c2ccc(C(F)(F)F)c[nH+]2)CC1. The van der Waals surface area contributed by atoms with E-state index in [0.29, 0.717) is 43.3 Å². The average Bonchev–Trinajstić information content (AvgIpc) is 3.10. The number of rotatable bonds is 3. The van der Waals surface area contributed by atoms with Gasteiger partial charge >= 0.3 is 6.18 Å². The van der Waals surface area contributed by atoms with E-state index in [0.717, 1.165) is 17.6 Å². The highest BCUT2D eigenvalue weighted by Crippen LogP contribution is 2.28. The molecule has 0 spiro atoms. The van der Waals surface area contributed by atoms with Crippen molar-refractivity contribution in [2.24, 2.45) is 0 Å². The average molecular weight is 391 g/mol. The van der Waals surface area contributed by atoms with Gasteiger partial charge in [-0.2, -0.15) is 13.2 Å². The molecule has 0 bridgehead atoms. The summed E-state index contributed by atoms with van der Waals surface area (Å²) in [6.07, 6.45) is -3.25. The van der Waals surface area contributed by atoms with Crippen molar-refractivity contribution in [3.8, 4) is 0 Å². The Morgan fingerprint density at radius 2 is 1.86 bits per heavy atom. The number of para-hydroxylation sites is 1. The van der Waals surface area contributed by atoms with Gasteiger partial charge in [0, 0.05) is 11.5 Å². The number of amides is 1. The van der Waals surface area contributed by atoms with Gasteiger partial charge in [-0.1, -0.05) is 17.3 Å². The molecule has 1 amide bonds. The number of fused-ring (bicyclic) bond motifs is 1. The van der Waals surface area contributed by atoms with E-state index in [9.17, 15) is 18.0 Å². The number of hydrogen-bond acceptors (Lipinski definition) is 4. The maximum absolute atomic E-state index is 12.7. The molecule has 6 nitrogen and oxygen atoms in total. The number of anilines is 1. The van der Waals surface area contributed by atoms with Crippen LogP contribution in [0.4, 0.5) is 19.0 Å². The van der Waals surface area contributed by atoms with Crippen LogP contribution >= 0.6 is 0 Å². The number of benzene rings is 1. The molecule has 9 heteroatoms. The lowest BCUT2D eigenvalue weighted by Crippen LogP contribution is -2.50. The topological polar surface area (TPSA) is 63.7 Å². The molecular formula is C19H18F3N4O2+. The monoisotopic (exact) mass is 391 g/mol. The summed E-state index contributed by atoms with van der Waals surface area (Å²) in [5.41, 5.74) is 0.539. The van der Waals surface area contributed by atoms with Crippen LogP contribution in [0.1, 0.15) is 11.3 Å². The molecule has 28 heavy (non-hydrogen) atoms. The van der Waals surface area contributed by atoms with Crippen LogP contribution in [0.15, 0.2) is 47.1 Å². The molecule has 1 N–H and O–H groups in total. The number of carbonyl (C=O) groups is 1. The van der Waals surface area contributed by atoms with Gasteiger partial charge < -0.3 is 9.42 Å². The highest BCUT2D eigenvalue weighted by molar-refractivity contribution is 5.86. The quantitative estimate of drug-likeness (QED) is 0.689. The van der Waals surface area contributed by atoms with Crippen molar-refractivity contribution in [1.82, 2.24) is 10.1 Å². The Kier molecular flexibility index (Phi) is 4.66. The van der Waals surface area contributed by atoms with E-state index in [1.54, 1.807) is 11.0 Å². The first kappa shape index (κ1) is 18.3. The molecule has 0 atom stereocenters. The predicted octanol–water partition coefficient (Wildman–Crippen LogP) is 2.55. The van der Waals surface area contributed by atoms with Crippen LogP contribution in [-0.2, 0) is 17.4 Å². The Morgan fingerprint density at radius 1 is 1.11 bits per heavy atom. The highest BCUT2D eigenvalue weighted by Gasteiger charge is 2.33. The van der Waals surface area contributed by atoms with Crippen molar-refractivity contribution in [2.75, 3.05) is 31.1 Å².